The second kappa shape index (κ2) is 11.0. The van der Waals surface area contributed by atoms with Gasteiger partial charge in [0.2, 0.25) is 5.91 Å². The van der Waals surface area contributed by atoms with E-state index in [9.17, 15) is 9.59 Å². The highest BCUT2D eigenvalue weighted by Gasteiger charge is 2.37. The maximum atomic E-state index is 13.9. The van der Waals surface area contributed by atoms with Crippen molar-refractivity contribution in [2.45, 2.75) is 37.8 Å². The van der Waals surface area contributed by atoms with Crippen LogP contribution in [0.1, 0.15) is 47.8 Å². The molecular formula is C27H30N2O6. The highest BCUT2D eigenvalue weighted by molar-refractivity contribution is 6.09. The lowest BCUT2D eigenvalue weighted by Gasteiger charge is -2.32. The SMILES string of the molecule is COc1ccc(C(C(=O)NC2CCCC2)N(C(=O)c2ccco2)c2ccccc2OC)cc1OC. The summed E-state index contributed by atoms with van der Waals surface area (Å²) < 4.78 is 21.9. The van der Waals surface area contributed by atoms with Gasteiger partial charge in [-0.15, -0.1) is 0 Å². The third kappa shape index (κ3) is 5.11. The van der Waals surface area contributed by atoms with Crippen LogP contribution in [0.5, 0.6) is 17.2 Å². The maximum Gasteiger partial charge on any atom is 0.295 e. The van der Waals surface area contributed by atoms with E-state index in [1.54, 1.807) is 55.6 Å². The van der Waals surface area contributed by atoms with Crippen LogP contribution in [0, 0.1) is 0 Å². The normalized spacial score (nSPS) is 14.3. The molecule has 184 valence electrons. The van der Waals surface area contributed by atoms with Crippen molar-refractivity contribution >= 4 is 17.5 Å². The summed E-state index contributed by atoms with van der Waals surface area (Å²) in [5, 5.41) is 3.16. The number of benzene rings is 2. The number of ether oxygens (including phenoxy) is 3. The van der Waals surface area contributed by atoms with Gasteiger partial charge in [0.1, 0.15) is 11.8 Å². The van der Waals surface area contributed by atoms with Gasteiger partial charge in [-0.1, -0.05) is 31.0 Å². The minimum absolute atomic E-state index is 0.0587. The van der Waals surface area contributed by atoms with E-state index < -0.39 is 11.9 Å². The lowest BCUT2D eigenvalue weighted by atomic mass is 10.0. The topological polar surface area (TPSA) is 90.2 Å². The third-order valence-electron chi connectivity index (χ3n) is 6.23. The van der Waals surface area contributed by atoms with Crippen molar-refractivity contribution in [2.75, 3.05) is 26.2 Å². The average Bonchev–Trinajstić information content (AvgIpc) is 3.61. The summed E-state index contributed by atoms with van der Waals surface area (Å²) in [6.45, 7) is 0. The Morgan fingerprint density at radius 3 is 2.29 bits per heavy atom. The number of furan rings is 1. The Labute approximate surface area is 204 Å². The number of methoxy groups -OCH3 is 3. The van der Waals surface area contributed by atoms with Crippen molar-refractivity contribution in [3.8, 4) is 17.2 Å². The molecule has 35 heavy (non-hydrogen) atoms. The fraction of sp³-hybridized carbons (Fsp3) is 0.333. The second-order valence-electron chi connectivity index (χ2n) is 8.33. The highest BCUT2D eigenvalue weighted by Crippen LogP contribution is 2.39. The number of nitrogens with zero attached hydrogens (tertiary/aromatic N) is 1. The van der Waals surface area contributed by atoms with Gasteiger partial charge in [0.05, 0.1) is 33.3 Å². The number of para-hydroxylation sites is 2. The fourth-order valence-electron chi connectivity index (χ4n) is 4.50. The van der Waals surface area contributed by atoms with E-state index >= 15 is 0 Å². The number of anilines is 1. The molecule has 8 heteroatoms. The molecule has 3 aromatic rings. The van der Waals surface area contributed by atoms with E-state index in [1.165, 1.54) is 25.4 Å². The molecule has 0 spiro atoms. The van der Waals surface area contributed by atoms with Crippen LogP contribution in [-0.4, -0.2) is 39.2 Å². The standard InChI is InChI=1S/C27H30N2O6/c1-32-21-12-7-6-11-20(21)29(27(31)23-13-8-16-35-23)25(26(30)28-19-9-4-5-10-19)18-14-15-22(33-2)24(17-18)34-3/h6-8,11-17,19,25H,4-5,9-10H2,1-3H3,(H,28,30). The maximum absolute atomic E-state index is 13.9. The number of carbonyl (C=O) groups excluding carboxylic acids is 2. The summed E-state index contributed by atoms with van der Waals surface area (Å²) in [5.74, 6) is 0.763. The van der Waals surface area contributed by atoms with Crippen molar-refractivity contribution in [1.82, 2.24) is 5.32 Å². The Balaban J connectivity index is 1.88. The monoisotopic (exact) mass is 478 g/mol. The zero-order chi connectivity index (χ0) is 24.8. The van der Waals surface area contributed by atoms with Gasteiger partial charge in [-0.25, -0.2) is 0 Å². The zero-order valence-corrected chi connectivity index (χ0v) is 20.2. The van der Waals surface area contributed by atoms with Gasteiger partial charge in [0.15, 0.2) is 17.3 Å². The minimum atomic E-state index is -1.02. The van der Waals surface area contributed by atoms with Crippen LogP contribution in [0.2, 0.25) is 0 Å². The summed E-state index contributed by atoms with van der Waals surface area (Å²) in [6.07, 6.45) is 5.37. The lowest BCUT2D eigenvalue weighted by Crippen LogP contribution is -2.46. The van der Waals surface area contributed by atoms with Gasteiger partial charge in [0.25, 0.3) is 5.91 Å². The molecule has 0 aliphatic heterocycles. The molecule has 1 aliphatic rings. The molecule has 1 N–H and O–H groups in total. The van der Waals surface area contributed by atoms with Gasteiger partial charge < -0.3 is 23.9 Å². The molecule has 1 heterocycles. The van der Waals surface area contributed by atoms with Crippen LogP contribution in [-0.2, 0) is 4.79 Å². The molecule has 2 aromatic carbocycles. The van der Waals surface area contributed by atoms with Gasteiger partial charge in [-0.05, 0) is 54.8 Å². The summed E-state index contributed by atoms with van der Waals surface area (Å²) in [5.41, 5.74) is 1.00. The van der Waals surface area contributed by atoms with Gasteiger partial charge in [-0.3, -0.25) is 14.5 Å². The lowest BCUT2D eigenvalue weighted by molar-refractivity contribution is -0.123. The van der Waals surface area contributed by atoms with Crippen molar-refractivity contribution < 1.29 is 28.2 Å². The van der Waals surface area contributed by atoms with E-state index in [2.05, 4.69) is 5.32 Å². The van der Waals surface area contributed by atoms with Crippen LogP contribution < -0.4 is 24.4 Å². The first-order valence-electron chi connectivity index (χ1n) is 11.6. The highest BCUT2D eigenvalue weighted by atomic mass is 16.5. The molecule has 4 rings (SSSR count). The Morgan fingerprint density at radius 2 is 1.63 bits per heavy atom. The van der Waals surface area contributed by atoms with Crippen molar-refractivity contribution in [2.24, 2.45) is 0 Å². The Hall–Kier alpha value is -3.94. The number of hydrogen-bond acceptors (Lipinski definition) is 6. The smallest absolute Gasteiger partial charge is 0.295 e. The molecule has 8 nitrogen and oxygen atoms in total. The van der Waals surface area contributed by atoms with Gasteiger partial charge in [-0.2, -0.15) is 0 Å². The molecule has 1 atom stereocenters. The summed E-state index contributed by atoms with van der Waals surface area (Å²) >= 11 is 0. The number of hydrogen-bond donors (Lipinski definition) is 1. The second-order valence-corrected chi connectivity index (χ2v) is 8.33. The Kier molecular flexibility index (Phi) is 7.60. The summed E-state index contributed by atoms with van der Waals surface area (Å²) in [4.78, 5) is 29.2. The van der Waals surface area contributed by atoms with Crippen LogP contribution in [0.25, 0.3) is 0 Å². The van der Waals surface area contributed by atoms with Crippen molar-refractivity contribution in [3.63, 3.8) is 0 Å². The molecule has 0 radical (unpaired) electrons. The first-order valence-corrected chi connectivity index (χ1v) is 11.6. The zero-order valence-electron chi connectivity index (χ0n) is 20.2. The van der Waals surface area contributed by atoms with E-state index in [0.717, 1.165) is 25.7 Å². The number of nitrogens with one attached hydrogen (secondary N) is 1. The molecular weight excluding hydrogens is 448 g/mol. The average molecular weight is 479 g/mol. The molecule has 1 fully saturated rings. The van der Waals surface area contributed by atoms with E-state index in [1.807, 2.05) is 6.07 Å². The first kappa shape index (κ1) is 24.2. The quantitative estimate of drug-likeness (QED) is 0.477. The van der Waals surface area contributed by atoms with Gasteiger partial charge in [0, 0.05) is 6.04 Å². The third-order valence-corrected chi connectivity index (χ3v) is 6.23. The van der Waals surface area contributed by atoms with E-state index in [0.29, 0.717) is 28.5 Å². The van der Waals surface area contributed by atoms with Crippen molar-refractivity contribution in [3.05, 3.63) is 72.2 Å². The molecule has 0 saturated heterocycles. The predicted molar refractivity (Wildman–Crippen MR) is 131 cm³/mol. The largest absolute Gasteiger partial charge is 0.495 e. The molecule has 1 aliphatic carbocycles. The fourth-order valence-corrected chi connectivity index (χ4v) is 4.50. The van der Waals surface area contributed by atoms with Crippen LogP contribution >= 0.6 is 0 Å². The van der Waals surface area contributed by atoms with Crippen LogP contribution in [0.3, 0.4) is 0 Å². The van der Waals surface area contributed by atoms with Crippen LogP contribution in [0.15, 0.2) is 65.3 Å². The number of carbonyl (C=O) groups is 2. The molecule has 1 saturated carbocycles. The Bertz CT molecular complexity index is 1150. The Morgan fingerprint density at radius 1 is 0.914 bits per heavy atom. The minimum Gasteiger partial charge on any atom is -0.495 e. The first-order chi connectivity index (χ1) is 17.1. The van der Waals surface area contributed by atoms with Crippen LogP contribution in [0.4, 0.5) is 5.69 Å². The summed E-state index contributed by atoms with van der Waals surface area (Å²) in [6, 6.07) is 14.5. The van der Waals surface area contributed by atoms with Crippen molar-refractivity contribution in [1.29, 1.82) is 0 Å². The molecule has 1 unspecified atom stereocenters. The van der Waals surface area contributed by atoms with E-state index in [4.69, 9.17) is 18.6 Å². The van der Waals surface area contributed by atoms with E-state index in [-0.39, 0.29) is 17.7 Å². The molecule has 2 amide bonds. The molecule has 0 bridgehead atoms. The molecule has 1 aromatic heterocycles. The number of rotatable bonds is 9. The van der Waals surface area contributed by atoms with Gasteiger partial charge >= 0.3 is 0 Å². The summed E-state index contributed by atoms with van der Waals surface area (Å²) in [7, 11) is 4.60. The predicted octanol–water partition coefficient (Wildman–Crippen LogP) is 4.75. The number of amides is 2.